The van der Waals surface area contributed by atoms with Crippen LogP contribution in [-0.4, -0.2) is 23.0 Å². The maximum absolute atomic E-state index is 11.4. The van der Waals surface area contributed by atoms with Crippen LogP contribution in [0.2, 0.25) is 0 Å². The SMILES string of the molecule is COC(=O)c1cncc(Nc2c(C)cccc2C)n1. The molecule has 1 aromatic carbocycles. The smallest absolute Gasteiger partial charge is 0.358 e. The van der Waals surface area contributed by atoms with Crippen LogP contribution in [0.4, 0.5) is 11.5 Å². The van der Waals surface area contributed by atoms with Crippen LogP contribution in [0.15, 0.2) is 30.6 Å². The van der Waals surface area contributed by atoms with Crippen LogP contribution in [0.5, 0.6) is 0 Å². The second-order valence-corrected chi connectivity index (χ2v) is 4.17. The summed E-state index contributed by atoms with van der Waals surface area (Å²) in [6.45, 7) is 4.01. The van der Waals surface area contributed by atoms with E-state index in [9.17, 15) is 4.79 Å². The van der Waals surface area contributed by atoms with E-state index < -0.39 is 5.97 Å². The summed E-state index contributed by atoms with van der Waals surface area (Å²) < 4.78 is 4.62. The van der Waals surface area contributed by atoms with Gasteiger partial charge in [0.2, 0.25) is 0 Å². The van der Waals surface area contributed by atoms with Gasteiger partial charge in [0.15, 0.2) is 5.69 Å². The van der Waals surface area contributed by atoms with Crippen LogP contribution in [0.1, 0.15) is 21.6 Å². The highest BCUT2D eigenvalue weighted by molar-refractivity contribution is 5.87. The molecule has 1 aromatic heterocycles. The standard InChI is InChI=1S/C14H15N3O2/c1-9-5-4-6-10(2)13(9)17-12-8-15-7-11(16-12)14(18)19-3/h4-8H,1-3H3,(H,16,17). The third-order valence-corrected chi connectivity index (χ3v) is 2.76. The molecule has 19 heavy (non-hydrogen) atoms. The number of nitrogens with zero attached hydrogens (tertiary/aromatic N) is 2. The molecule has 2 rings (SSSR count). The summed E-state index contributed by atoms with van der Waals surface area (Å²) in [7, 11) is 1.32. The predicted octanol–water partition coefficient (Wildman–Crippen LogP) is 2.62. The summed E-state index contributed by atoms with van der Waals surface area (Å²) in [4.78, 5) is 19.6. The zero-order valence-corrected chi connectivity index (χ0v) is 11.1. The monoisotopic (exact) mass is 257 g/mol. The molecular weight excluding hydrogens is 242 g/mol. The Morgan fingerprint density at radius 3 is 2.53 bits per heavy atom. The Labute approximate surface area is 111 Å². The van der Waals surface area contributed by atoms with Gasteiger partial charge in [-0.25, -0.2) is 9.78 Å². The van der Waals surface area contributed by atoms with Crippen LogP contribution in [0.25, 0.3) is 0 Å². The zero-order valence-electron chi connectivity index (χ0n) is 11.1. The molecule has 1 heterocycles. The Hall–Kier alpha value is -2.43. The first-order valence-electron chi connectivity index (χ1n) is 5.85. The first kappa shape index (κ1) is 13.0. The molecule has 0 saturated carbocycles. The molecule has 0 radical (unpaired) electrons. The lowest BCUT2D eigenvalue weighted by molar-refractivity contribution is 0.0593. The molecule has 0 spiro atoms. The fourth-order valence-electron chi connectivity index (χ4n) is 1.77. The Kier molecular flexibility index (Phi) is 3.75. The molecule has 0 aliphatic rings. The summed E-state index contributed by atoms with van der Waals surface area (Å²) in [5.41, 5.74) is 3.35. The number of carbonyl (C=O) groups excluding carboxylic acids is 1. The first-order valence-corrected chi connectivity index (χ1v) is 5.85. The van der Waals surface area contributed by atoms with E-state index in [1.54, 1.807) is 6.20 Å². The molecule has 0 aliphatic carbocycles. The minimum Gasteiger partial charge on any atom is -0.464 e. The number of nitrogens with one attached hydrogen (secondary N) is 1. The molecule has 0 fully saturated rings. The third-order valence-electron chi connectivity index (χ3n) is 2.76. The van der Waals surface area contributed by atoms with Gasteiger partial charge in [0, 0.05) is 5.69 Å². The van der Waals surface area contributed by atoms with E-state index in [1.165, 1.54) is 13.3 Å². The summed E-state index contributed by atoms with van der Waals surface area (Å²) >= 11 is 0. The molecule has 0 aliphatic heterocycles. The van der Waals surface area contributed by atoms with E-state index >= 15 is 0 Å². The van der Waals surface area contributed by atoms with Gasteiger partial charge in [-0.3, -0.25) is 4.98 Å². The number of para-hydroxylation sites is 1. The molecule has 0 amide bonds. The van der Waals surface area contributed by atoms with Gasteiger partial charge in [-0.15, -0.1) is 0 Å². The van der Waals surface area contributed by atoms with E-state index in [2.05, 4.69) is 20.0 Å². The second kappa shape index (κ2) is 5.48. The average Bonchev–Trinajstić information content (AvgIpc) is 2.42. The molecule has 0 bridgehead atoms. The number of ether oxygens (including phenoxy) is 1. The van der Waals surface area contributed by atoms with Gasteiger partial charge in [-0.1, -0.05) is 18.2 Å². The number of rotatable bonds is 3. The lowest BCUT2D eigenvalue weighted by atomic mass is 10.1. The number of anilines is 2. The van der Waals surface area contributed by atoms with E-state index in [4.69, 9.17) is 0 Å². The number of hydrogen-bond donors (Lipinski definition) is 1. The van der Waals surface area contributed by atoms with Crippen molar-refractivity contribution in [3.05, 3.63) is 47.4 Å². The summed E-state index contributed by atoms with van der Waals surface area (Å²) in [6, 6.07) is 6.01. The number of esters is 1. The van der Waals surface area contributed by atoms with Gasteiger partial charge in [0.1, 0.15) is 5.82 Å². The fourth-order valence-corrected chi connectivity index (χ4v) is 1.77. The van der Waals surface area contributed by atoms with E-state index in [0.29, 0.717) is 5.82 Å². The van der Waals surface area contributed by atoms with Gasteiger partial charge in [0.05, 0.1) is 19.5 Å². The van der Waals surface area contributed by atoms with Gasteiger partial charge >= 0.3 is 5.97 Å². The number of aromatic nitrogens is 2. The van der Waals surface area contributed by atoms with Crippen LogP contribution in [0.3, 0.4) is 0 Å². The average molecular weight is 257 g/mol. The molecular formula is C14H15N3O2. The van der Waals surface area contributed by atoms with Crippen molar-refractivity contribution in [1.82, 2.24) is 9.97 Å². The van der Waals surface area contributed by atoms with Crippen molar-refractivity contribution >= 4 is 17.5 Å². The van der Waals surface area contributed by atoms with Crippen LogP contribution in [-0.2, 0) is 4.74 Å². The summed E-state index contributed by atoms with van der Waals surface area (Å²) in [5.74, 6) is 0.0120. The second-order valence-electron chi connectivity index (χ2n) is 4.17. The molecule has 98 valence electrons. The Bertz CT molecular complexity index is 591. The Morgan fingerprint density at radius 2 is 1.89 bits per heavy atom. The molecule has 0 unspecified atom stereocenters. The van der Waals surface area contributed by atoms with E-state index in [1.807, 2.05) is 32.0 Å². The number of aryl methyl sites for hydroxylation is 2. The quantitative estimate of drug-likeness (QED) is 0.856. The maximum atomic E-state index is 11.4. The summed E-state index contributed by atoms with van der Waals surface area (Å²) in [5, 5.41) is 3.18. The van der Waals surface area contributed by atoms with Crippen LogP contribution in [0, 0.1) is 13.8 Å². The van der Waals surface area contributed by atoms with Crippen molar-refractivity contribution in [3.63, 3.8) is 0 Å². The fraction of sp³-hybridized carbons (Fsp3) is 0.214. The number of methoxy groups -OCH3 is 1. The zero-order chi connectivity index (χ0) is 13.8. The topological polar surface area (TPSA) is 64.1 Å². The highest BCUT2D eigenvalue weighted by atomic mass is 16.5. The van der Waals surface area contributed by atoms with Gasteiger partial charge in [-0.2, -0.15) is 0 Å². The van der Waals surface area contributed by atoms with Gasteiger partial charge in [0.25, 0.3) is 0 Å². The van der Waals surface area contributed by atoms with E-state index in [0.717, 1.165) is 16.8 Å². The number of hydrogen-bond acceptors (Lipinski definition) is 5. The first-order chi connectivity index (χ1) is 9.11. The minimum absolute atomic E-state index is 0.179. The van der Waals surface area contributed by atoms with Crippen molar-refractivity contribution in [3.8, 4) is 0 Å². The van der Waals surface area contributed by atoms with Crippen LogP contribution >= 0.6 is 0 Å². The van der Waals surface area contributed by atoms with Gasteiger partial charge < -0.3 is 10.1 Å². The lowest BCUT2D eigenvalue weighted by Crippen LogP contribution is -2.07. The van der Waals surface area contributed by atoms with E-state index in [-0.39, 0.29) is 5.69 Å². The highest BCUT2D eigenvalue weighted by Gasteiger charge is 2.09. The number of carbonyl (C=O) groups is 1. The molecule has 5 heteroatoms. The van der Waals surface area contributed by atoms with Gasteiger partial charge in [-0.05, 0) is 25.0 Å². The van der Waals surface area contributed by atoms with Crippen molar-refractivity contribution in [2.24, 2.45) is 0 Å². The maximum Gasteiger partial charge on any atom is 0.358 e. The lowest BCUT2D eigenvalue weighted by Gasteiger charge is -2.11. The molecule has 0 saturated heterocycles. The Morgan fingerprint density at radius 1 is 1.21 bits per heavy atom. The summed E-state index contributed by atoms with van der Waals surface area (Å²) in [6.07, 6.45) is 2.94. The van der Waals surface area contributed by atoms with Crippen LogP contribution < -0.4 is 5.32 Å². The normalized spacial score (nSPS) is 10.1. The molecule has 5 nitrogen and oxygen atoms in total. The molecule has 1 N–H and O–H groups in total. The minimum atomic E-state index is -0.502. The number of benzene rings is 1. The predicted molar refractivity (Wildman–Crippen MR) is 72.6 cm³/mol. The van der Waals surface area contributed by atoms with Crippen molar-refractivity contribution < 1.29 is 9.53 Å². The Balaban J connectivity index is 2.31. The molecule has 2 aromatic rings. The largest absolute Gasteiger partial charge is 0.464 e. The van der Waals surface area contributed by atoms with Crippen molar-refractivity contribution in [2.45, 2.75) is 13.8 Å². The highest BCUT2D eigenvalue weighted by Crippen LogP contribution is 2.22. The third kappa shape index (κ3) is 2.88. The molecule has 0 atom stereocenters. The van der Waals surface area contributed by atoms with Crippen molar-refractivity contribution in [1.29, 1.82) is 0 Å². The van der Waals surface area contributed by atoms with Crippen molar-refractivity contribution in [2.75, 3.05) is 12.4 Å².